The minimum Gasteiger partial charge on any atom is -0.394 e. The third-order valence-electron chi connectivity index (χ3n) is 13.7. The molecule has 3 aliphatic heterocycles. The van der Waals surface area contributed by atoms with E-state index in [4.69, 9.17) is 29.1 Å². The molecule has 39 nitrogen and oxygen atoms in total. The van der Waals surface area contributed by atoms with Crippen LogP contribution in [0.5, 0.6) is 0 Å². The number of phosphoric acid groups is 3. The molecule has 0 amide bonds. The summed E-state index contributed by atoms with van der Waals surface area (Å²) in [6.07, 6.45) is 1.52. The summed E-state index contributed by atoms with van der Waals surface area (Å²) >= 11 is 0. The van der Waals surface area contributed by atoms with Crippen molar-refractivity contribution in [3.05, 3.63) is 128 Å². The summed E-state index contributed by atoms with van der Waals surface area (Å²) in [7, 11) is -16.7. The zero-order chi connectivity index (χ0) is 63.4. The Bertz CT molecular complexity index is 4020. The number of nitro benzene ring substituents is 2. The molecule has 3 saturated heterocycles. The summed E-state index contributed by atoms with van der Waals surface area (Å²) in [5.74, 6) is 0.679. The Kier molecular flexibility index (Phi) is 19.9. The van der Waals surface area contributed by atoms with Crippen molar-refractivity contribution in [2.75, 3.05) is 30.5 Å². The van der Waals surface area contributed by atoms with Gasteiger partial charge in [-0.15, -0.1) is 0 Å². The summed E-state index contributed by atoms with van der Waals surface area (Å²) in [4.78, 5) is 105. The first-order valence-corrected chi connectivity index (χ1v) is 30.5. The predicted molar refractivity (Wildman–Crippen MR) is 297 cm³/mol. The van der Waals surface area contributed by atoms with Crippen molar-refractivity contribution in [1.82, 2.24) is 58.6 Å². The van der Waals surface area contributed by atoms with E-state index in [1.54, 1.807) is 59.4 Å². The molecule has 13 atom stereocenters. The quantitative estimate of drug-likeness (QED) is 0.0296. The molecular formula is C46H55N16O23P3. The monoisotopic (exact) mass is 1290 g/mol. The van der Waals surface area contributed by atoms with Crippen LogP contribution in [0, 0.1) is 20.2 Å². The average Bonchev–Trinajstić information content (AvgIpc) is 1.89. The Balaban J connectivity index is 0.000000169. The molecule has 0 aliphatic carbocycles. The van der Waals surface area contributed by atoms with E-state index in [1.165, 1.54) is 54.7 Å². The van der Waals surface area contributed by atoms with Crippen LogP contribution in [0.15, 0.2) is 91.3 Å². The molecule has 0 saturated carbocycles. The molecule has 2 aromatic carbocycles. The van der Waals surface area contributed by atoms with Gasteiger partial charge in [-0.3, -0.25) is 43.2 Å². The van der Waals surface area contributed by atoms with Gasteiger partial charge >= 0.3 is 23.5 Å². The van der Waals surface area contributed by atoms with Gasteiger partial charge in [0.2, 0.25) is 0 Å². The topological polar surface area (TPSA) is 550 Å². The Morgan fingerprint density at radius 1 is 0.614 bits per heavy atom. The standard InChI is InChI=1S/C18H23N6O14P3.C18H20N6O5.C10H12N4O4/c1-10(11-4-2-3-5-12(11)24(26)27)22-17-16-18(20-8-19-17)23(9-21-16)15-6-13(25)14(36-15)7-35-40(31,32)38-41(33,34)37-39(28,29)30;1-10(11-4-2-3-5-12(11)24(27)28)22-17-16-18(20-8-19-17)23(9-21-16)15-6-13(26)14(7-25)29-15;15-2-6-5(16)1-7(18-6)14-4-13-8-9(14)11-3-12-10(8)17/h2-5,8-10,13-15,25H,6-7H2,1H3,(H,31,32)(H,33,34)(H,19,20,22)(H2,28,29,30);2-5,8-10,13-15,25-26H,6-7H2,1H3,(H,19,20,22);3-7,15-16H,1-2H2,(H,11,12,17)/t2*10?,13?,14-,15-;5?,6-,7-/m111/s1. The number of aliphatic hydroxyl groups excluding tert-OH is 5. The van der Waals surface area contributed by atoms with Crippen molar-refractivity contribution >= 4 is 80.0 Å². The largest absolute Gasteiger partial charge is 0.490 e. The van der Waals surface area contributed by atoms with Gasteiger partial charge in [-0.25, -0.2) is 53.6 Å². The third kappa shape index (κ3) is 14.9. The van der Waals surface area contributed by atoms with Crippen molar-refractivity contribution in [1.29, 1.82) is 0 Å². The van der Waals surface area contributed by atoms with E-state index in [-0.39, 0.29) is 59.1 Å². The highest BCUT2D eigenvalue weighted by molar-refractivity contribution is 7.66. The maximum atomic E-state index is 12.0. The number of nitrogens with zero attached hydrogens (tertiary/aromatic N) is 13. The lowest BCUT2D eigenvalue weighted by molar-refractivity contribution is -0.385. The Labute approximate surface area is 492 Å². The van der Waals surface area contributed by atoms with E-state index in [0.29, 0.717) is 46.6 Å². The van der Waals surface area contributed by atoms with E-state index in [0.717, 1.165) is 0 Å². The van der Waals surface area contributed by atoms with Gasteiger partial charge in [-0.05, 0) is 13.8 Å². The summed E-state index contributed by atoms with van der Waals surface area (Å²) in [6, 6.07) is 11.7. The van der Waals surface area contributed by atoms with Crippen molar-refractivity contribution in [3.8, 4) is 0 Å². The molecule has 0 bridgehead atoms. The number of hydrogen-bond acceptors (Lipinski definition) is 29. The van der Waals surface area contributed by atoms with E-state index >= 15 is 0 Å². The molecule has 3 fully saturated rings. The number of phosphoric ester groups is 1. The van der Waals surface area contributed by atoms with Gasteiger partial charge in [0.1, 0.15) is 49.7 Å². The van der Waals surface area contributed by atoms with Gasteiger partial charge in [0, 0.05) is 31.4 Å². The minimum absolute atomic E-state index is 0.0201. The number of nitro groups is 2. The van der Waals surface area contributed by atoms with Gasteiger partial charge in [0.25, 0.3) is 16.9 Å². The second kappa shape index (κ2) is 27.0. The highest BCUT2D eigenvalue weighted by atomic mass is 31.3. The second-order valence-electron chi connectivity index (χ2n) is 19.6. The predicted octanol–water partition coefficient (Wildman–Crippen LogP) is 2.21. The number of nitrogens with one attached hydrogen (secondary N) is 3. The van der Waals surface area contributed by atoms with Crippen LogP contribution >= 0.6 is 23.5 Å². The summed E-state index contributed by atoms with van der Waals surface area (Å²) in [5, 5.41) is 77.3. The molecule has 7 unspecified atom stereocenters. The first-order chi connectivity index (χ1) is 41.7. The summed E-state index contributed by atoms with van der Waals surface area (Å²) < 4.78 is 67.6. The molecule has 8 aromatic rings. The van der Waals surface area contributed by atoms with E-state index in [2.05, 4.69) is 68.6 Å². The Hall–Kier alpha value is -7.62. The second-order valence-corrected chi connectivity index (χ2v) is 24.0. The lowest BCUT2D eigenvalue weighted by Gasteiger charge is -2.19. The van der Waals surface area contributed by atoms with Crippen LogP contribution in [0.3, 0.4) is 0 Å². The molecule has 6 aromatic heterocycles. The molecule has 42 heteroatoms. The van der Waals surface area contributed by atoms with Crippen LogP contribution in [0.2, 0.25) is 0 Å². The average molecular weight is 1290 g/mol. The zero-order valence-electron chi connectivity index (χ0n) is 45.6. The number of para-hydroxylation sites is 2. The molecular weight excluding hydrogens is 1240 g/mol. The summed E-state index contributed by atoms with van der Waals surface area (Å²) in [6.45, 7) is 2.13. The Morgan fingerprint density at radius 2 is 1.02 bits per heavy atom. The molecule has 11 rings (SSSR count). The van der Waals surface area contributed by atoms with Crippen molar-refractivity contribution in [2.45, 2.75) is 101 Å². The normalized spacial score (nSPS) is 24.0. The highest BCUT2D eigenvalue weighted by Crippen LogP contribution is 2.66. The van der Waals surface area contributed by atoms with Crippen LogP contribution in [0.1, 0.15) is 75.0 Å². The van der Waals surface area contributed by atoms with Gasteiger partial charge in [-0.2, -0.15) is 8.62 Å². The molecule has 9 heterocycles. The lowest BCUT2D eigenvalue weighted by atomic mass is 10.1. The highest BCUT2D eigenvalue weighted by Gasteiger charge is 2.44. The number of aliphatic hydroxyl groups is 5. The van der Waals surface area contributed by atoms with Gasteiger partial charge in [0.15, 0.2) is 45.1 Å². The number of hydrogen-bond donors (Lipinski definition) is 12. The number of rotatable bonds is 20. The fourth-order valence-electron chi connectivity index (χ4n) is 9.62. The summed E-state index contributed by atoms with van der Waals surface area (Å²) in [5.41, 5.74) is 2.66. The first kappa shape index (κ1) is 64.8. The number of ether oxygens (including phenoxy) is 3. The molecule has 0 spiro atoms. The third-order valence-corrected chi connectivity index (χ3v) is 17.5. The molecule has 472 valence electrons. The fraction of sp³-hybridized carbons (Fsp3) is 0.413. The number of aromatic amines is 1. The van der Waals surface area contributed by atoms with E-state index < -0.39 is 107 Å². The lowest BCUT2D eigenvalue weighted by Crippen LogP contribution is -2.26. The SMILES string of the molecule is CC(Nc1ncnc2c1ncn2[C@H]1CC(O)[C@@H](CO)O1)c1ccccc1[N+](=O)[O-].CC(Nc1ncnc2c1ncn2[C@H]1CC(O)[C@@H](COP(=O)(O)OP(=O)(O)OP(=O)(O)O)O1)c1ccccc1[N+](=O)[O-].O=c1[nH]cnc2c1ncn2[C@H]1CC(O)[C@@H](CO)O1. The van der Waals surface area contributed by atoms with E-state index in [9.17, 15) is 68.9 Å². The number of anilines is 2. The van der Waals surface area contributed by atoms with Crippen LogP contribution in [-0.4, -0.2) is 170 Å². The van der Waals surface area contributed by atoms with Crippen LogP contribution in [0.25, 0.3) is 33.5 Å². The Morgan fingerprint density at radius 3 is 1.44 bits per heavy atom. The maximum absolute atomic E-state index is 12.0. The van der Waals surface area contributed by atoms with Gasteiger partial charge < -0.3 is 74.9 Å². The number of imidazole rings is 3. The number of fused-ring (bicyclic) bond motifs is 3. The first-order valence-electron chi connectivity index (χ1n) is 26.0. The molecule has 88 heavy (non-hydrogen) atoms. The van der Waals surface area contributed by atoms with Crippen LogP contribution < -0.4 is 16.2 Å². The smallest absolute Gasteiger partial charge is 0.394 e. The maximum Gasteiger partial charge on any atom is 0.490 e. The molecule has 0 radical (unpaired) electrons. The zero-order valence-corrected chi connectivity index (χ0v) is 48.3. The van der Waals surface area contributed by atoms with Gasteiger partial charge in [0.05, 0.1) is 96.5 Å². The van der Waals surface area contributed by atoms with Gasteiger partial charge in [-0.1, -0.05) is 36.4 Å². The van der Waals surface area contributed by atoms with E-state index in [1.807, 2.05) is 0 Å². The molecule has 3 aliphatic rings. The number of benzene rings is 2. The number of H-pyrrole nitrogens is 1. The van der Waals surface area contributed by atoms with Crippen molar-refractivity contribution in [3.63, 3.8) is 0 Å². The minimum atomic E-state index is -5.70. The van der Waals surface area contributed by atoms with Crippen LogP contribution in [0.4, 0.5) is 23.0 Å². The fourth-order valence-corrected chi connectivity index (χ4v) is 12.7. The van der Waals surface area contributed by atoms with Crippen LogP contribution in [-0.2, 0) is 41.1 Å². The number of aromatic nitrogens is 12. The van der Waals surface area contributed by atoms with Crippen molar-refractivity contribution in [2.24, 2.45) is 0 Å². The van der Waals surface area contributed by atoms with Crippen molar-refractivity contribution < 1.29 is 96.0 Å². The molecule has 12 N–H and O–H groups in total.